The lowest BCUT2D eigenvalue weighted by Gasteiger charge is -2.16. The minimum absolute atomic E-state index is 0.892. The van der Waals surface area contributed by atoms with Crippen LogP contribution >= 0.6 is 11.6 Å². The molecular formula is C10H17ClN2. The smallest absolute Gasteiger partial charge is 0.0202 e. The van der Waals surface area contributed by atoms with Crippen LogP contribution in [-0.2, 0) is 0 Å². The molecule has 0 saturated carbocycles. The first-order valence-electron chi connectivity index (χ1n) is 4.98. The van der Waals surface area contributed by atoms with Gasteiger partial charge < -0.3 is 5.32 Å². The Hall–Kier alpha value is -0.0500. The molecule has 0 aliphatic carbocycles. The van der Waals surface area contributed by atoms with Crippen LogP contribution in [0.4, 0.5) is 0 Å². The highest BCUT2D eigenvalue weighted by molar-refractivity contribution is 6.25. The van der Waals surface area contributed by atoms with Gasteiger partial charge in [-0.25, -0.2) is 0 Å². The van der Waals surface area contributed by atoms with Gasteiger partial charge in [0.25, 0.3) is 0 Å². The van der Waals surface area contributed by atoms with Crippen molar-refractivity contribution in [2.24, 2.45) is 11.8 Å². The molecule has 0 amide bonds. The topological polar surface area (TPSA) is 15.3 Å². The zero-order valence-electron chi connectivity index (χ0n) is 8.09. The second kappa shape index (κ2) is 3.99. The zero-order chi connectivity index (χ0) is 9.26. The summed E-state index contributed by atoms with van der Waals surface area (Å²) >= 11 is 5.65. The molecule has 0 radical (unpaired) electrons. The fourth-order valence-electron chi connectivity index (χ4n) is 2.47. The number of nitrogens with zero attached hydrogens (tertiary/aromatic N) is 1. The molecule has 74 valence electrons. The molecule has 2 unspecified atom stereocenters. The van der Waals surface area contributed by atoms with Gasteiger partial charge in [-0.2, -0.15) is 0 Å². The molecule has 2 fully saturated rings. The van der Waals surface area contributed by atoms with E-state index >= 15 is 0 Å². The van der Waals surface area contributed by atoms with Gasteiger partial charge in [-0.1, -0.05) is 11.6 Å². The van der Waals surface area contributed by atoms with Crippen molar-refractivity contribution >= 4 is 11.6 Å². The quantitative estimate of drug-likeness (QED) is 0.723. The van der Waals surface area contributed by atoms with Crippen LogP contribution in [0.25, 0.3) is 0 Å². The molecule has 2 saturated heterocycles. The molecule has 2 heterocycles. The Morgan fingerprint density at radius 2 is 2.08 bits per heavy atom. The second-order valence-corrected chi connectivity index (χ2v) is 4.55. The Labute approximate surface area is 84.9 Å². The molecular weight excluding hydrogens is 184 g/mol. The molecule has 0 spiro atoms. The summed E-state index contributed by atoms with van der Waals surface area (Å²) in [5, 5.41) is 3.44. The van der Waals surface area contributed by atoms with Crippen molar-refractivity contribution in [1.29, 1.82) is 0 Å². The van der Waals surface area contributed by atoms with E-state index in [1.807, 2.05) is 0 Å². The van der Waals surface area contributed by atoms with Crippen LogP contribution < -0.4 is 5.32 Å². The van der Waals surface area contributed by atoms with Gasteiger partial charge in [-0.15, -0.1) is 0 Å². The maximum Gasteiger partial charge on any atom is 0.0202 e. The van der Waals surface area contributed by atoms with E-state index in [9.17, 15) is 0 Å². The molecule has 3 heteroatoms. The van der Waals surface area contributed by atoms with Crippen molar-refractivity contribution < 1.29 is 0 Å². The molecule has 2 aliphatic heterocycles. The summed E-state index contributed by atoms with van der Waals surface area (Å²) in [4.78, 5) is 2.52. The molecule has 0 aromatic rings. The number of hydrogen-bond donors (Lipinski definition) is 1. The fraction of sp³-hybridized carbons (Fsp3) is 0.800. The van der Waals surface area contributed by atoms with Gasteiger partial charge in [0.1, 0.15) is 0 Å². The van der Waals surface area contributed by atoms with E-state index < -0.39 is 0 Å². The molecule has 0 aromatic heterocycles. The van der Waals surface area contributed by atoms with E-state index in [0.717, 1.165) is 18.4 Å². The van der Waals surface area contributed by atoms with Crippen LogP contribution in [0.15, 0.2) is 11.1 Å². The third-order valence-electron chi connectivity index (χ3n) is 3.12. The highest BCUT2D eigenvalue weighted by Crippen LogP contribution is 2.26. The van der Waals surface area contributed by atoms with Crippen molar-refractivity contribution in [3.05, 3.63) is 11.1 Å². The van der Waals surface area contributed by atoms with Crippen LogP contribution in [0.5, 0.6) is 0 Å². The van der Waals surface area contributed by atoms with Crippen LogP contribution in [0.1, 0.15) is 6.92 Å². The average molecular weight is 201 g/mol. The number of halogens is 1. The summed E-state index contributed by atoms with van der Waals surface area (Å²) in [7, 11) is 0. The Morgan fingerprint density at radius 3 is 2.62 bits per heavy atom. The van der Waals surface area contributed by atoms with Crippen molar-refractivity contribution in [2.45, 2.75) is 6.92 Å². The minimum atomic E-state index is 0.892. The third kappa shape index (κ3) is 2.06. The van der Waals surface area contributed by atoms with Gasteiger partial charge in [0, 0.05) is 25.2 Å². The molecule has 0 aromatic carbocycles. The Bertz CT molecular complexity index is 203. The molecule has 2 aliphatic rings. The summed E-state index contributed by atoms with van der Waals surface area (Å²) in [6.45, 7) is 8.07. The number of hydrogen-bond acceptors (Lipinski definition) is 2. The molecule has 0 bridgehead atoms. The van der Waals surface area contributed by atoms with E-state index in [0.29, 0.717) is 0 Å². The number of likely N-dealkylation sites (tertiary alicyclic amines) is 1. The van der Waals surface area contributed by atoms with Gasteiger partial charge in [0.15, 0.2) is 0 Å². The predicted molar refractivity (Wildman–Crippen MR) is 55.9 cm³/mol. The maximum atomic E-state index is 5.65. The summed E-state index contributed by atoms with van der Waals surface area (Å²) in [6, 6.07) is 0. The highest BCUT2D eigenvalue weighted by atomic mass is 35.5. The summed E-state index contributed by atoms with van der Waals surface area (Å²) < 4.78 is 0. The predicted octanol–water partition coefficient (Wildman–Crippen LogP) is 1.28. The number of rotatable bonds is 2. The second-order valence-electron chi connectivity index (χ2n) is 4.33. The van der Waals surface area contributed by atoms with Crippen molar-refractivity contribution in [3.63, 3.8) is 0 Å². The SMILES string of the molecule is CC(=CCl)CN1CC2CNCC2C1. The molecule has 13 heavy (non-hydrogen) atoms. The van der Waals surface area contributed by atoms with Gasteiger partial charge in [0.2, 0.25) is 0 Å². The average Bonchev–Trinajstić information content (AvgIpc) is 2.63. The first-order chi connectivity index (χ1) is 6.29. The lowest BCUT2D eigenvalue weighted by molar-refractivity contribution is 0.339. The van der Waals surface area contributed by atoms with Crippen LogP contribution in [-0.4, -0.2) is 37.6 Å². The summed E-state index contributed by atoms with van der Waals surface area (Å²) in [5.41, 5.74) is 2.97. The molecule has 2 nitrogen and oxygen atoms in total. The number of nitrogens with one attached hydrogen (secondary N) is 1. The highest BCUT2D eigenvalue weighted by Gasteiger charge is 2.35. The van der Waals surface area contributed by atoms with Crippen molar-refractivity contribution in [2.75, 3.05) is 32.7 Å². The van der Waals surface area contributed by atoms with E-state index in [2.05, 4.69) is 17.1 Å². The summed E-state index contributed by atoms with van der Waals surface area (Å²) in [6.07, 6.45) is 0. The standard InChI is InChI=1S/C10H17ClN2/c1-8(2-11)5-13-6-9-3-12-4-10(9)7-13/h2,9-10,12H,3-7H2,1H3. The van der Waals surface area contributed by atoms with Gasteiger partial charge in [-0.3, -0.25) is 4.90 Å². The lowest BCUT2D eigenvalue weighted by Crippen LogP contribution is -2.27. The summed E-state index contributed by atoms with van der Waals surface area (Å²) in [5.74, 6) is 1.78. The monoisotopic (exact) mass is 200 g/mol. The molecule has 2 atom stereocenters. The molecule has 2 rings (SSSR count). The van der Waals surface area contributed by atoms with Crippen molar-refractivity contribution in [3.8, 4) is 0 Å². The maximum absolute atomic E-state index is 5.65. The van der Waals surface area contributed by atoms with Crippen LogP contribution in [0.3, 0.4) is 0 Å². The first kappa shape index (κ1) is 9.50. The van der Waals surface area contributed by atoms with E-state index in [4.69, 9.17) is 11.6 Å². The normalized spacial score (nSPS) is 35.4. The van der Waals surface area contributed by atoms with Gasteiger partial charge in [-0.05, 0) is 37.4 Å². The Kier molecular flexibility index (Phi) is 2.92. The van der Waals surface area contributed by atoms with Gasteiger partial charge >= 0.3 is 0 Å². The van der Waals surface area contributed by atoms with Gasteiger partial charge in [0.05, 0.1) is 0 Å². The fourth-order valence-corrected chi connectivity index (χ4v) is 2.54. The minimum Gasteiger partial charge on any atom is -0.316 e. The van der Waals surface area contributed by atoms with Crippen LogP contribution in [0.2, 0.25) is 0 Å². The number of fused-ring (bicyclic) bond motifs is 1. The van der Waals surface area contributed by atoms with E-state index in [-0.39, 0.29) is 0 Å². The lowest BCUT2D eigenvalue weighted by atomic mass is 10.0. The first-order valence-corrected chi connectivity index (χ1v) is 5.42. The van der Waals surface area contributed by atoms with Crippen LogP contribution in [0, 0.1) is 11.8 Å². The Morgan fingerprint density at radius 1 is 1.46 bits per heavy atom. The molecule has 1 N–H and O–H groups in total. The van der Waals surface area contributed by atoms with E-state index in [1.54, 1.807) is 5.54 Å². The van der Waals surface area contributed by atoms with E-state index in [1.165, 1.54) is 31.8 Å². The van der Waals surface area contributed by atoms with Crippen molar-refractivity contribution in [1.82, 2.24) is 10.2 Å². The zero-order valence-corrected chi connectivity index (χ0v) is 8.85. The third-order valence-corrected chi connectivity index (χ3v) is 3.50. The Balaban J connectivity index is 1.85. The largest absolute Gasteiger partial charge is 0.316 e.